The first-order valence-electron chi connectivity index (χ1n) is 3.63. The lowest BCUT2D eigenvalue weighted by molar-refractivity contribution is 0.410. The maximum absolute atomic E-state index is 5.16. The molecule has 0 fully saturated rings. The average Bonchev–Trinajstić information content (AvgIpc) is 2.09. The smallest absolute Gasteiger partial charge is 0.122 e. The van der Waals surface area contributed by atoms with Gasteiger partial charge in [0.05, 0.1) is 14.2 Å². The van der Waals surface area contributed by atoms with E-state index in [2.05, 4.69) is 0 Å². The highest BCUT2D eigenvalue weighted by atomic mass is 32.2. The van der Waals surface area contributed by atoms with Crippen LogP contribution in [0.2, 0.25) is 0 Å². The lowest BCUT2D eigenvalue weighted by Gasteiger charge is -2.05. The summed E-state index contributed by atoms with van der Waals surface area (Å²) >= 11 is 1.33. The average molecular weight is 184 g/mol. The Labute approximate surface area is 77.1 Å². The quantitative estimate of drug-likeness (QED) is 0.673. The summed E-state index contributed by atoms with van der Waals surface area (Å²) in [5.74, 6) is 0.900. The highest BCUT2D eigenvalue weighted by Gasteiger charge is 1.99. The zero-order valence-electron chi connectivity index (χ0n) is 7.46. The topological polar surface area (TPSA) is 18.5 Å². The summed E-state index contributed by atoms with van der Waals surface area (Å²) < 4.78 is 10.1. The van der Waals surface area contributed by atoms with E-state index in [0.29, 0.717) is 0 Å². The van der Waals surface area contributed by atoms with Gasteiger partial charge < -0.3 is 8.92 Å². The molecule has 0 heterocycles. The third-order valence-corrected chi connectivity index (χ3v) is 2.17. The number of ether oxygens (including phenoxy) is 1. The molecule has 0 saturated carbocycles. The minimum Gasteiger partial charge on any atom is -0.496 e. The molecule has 3 heteroatoms. The van der Waals surface area contributed by atoms with E-state index in [-0.39, 0.29) is 0 Å². The molecular weight excluding hydrogens is 172 g/mol. The van der Waals surface area contributed by atoms with Crippen LogP contribution in [0.1, 0.15) is 5.56 Å². The third kappa shape index (κ3) is 2.16. The van der Waals surface area contributed by atoms with Gasteiger partial charge in [-0.05, 0) is 24.6 Å². The van der Waals surface area contributed by atoms with Crippen LogP contribution in [0, 0.1) is 6.92 Å². The predicted molar refractivity (Wildman–Crippen MR) is 50.6 cm³/mol. The van der Waals surface area contributed by atoms with Gasteiger partial charge in [0.25, 0.3) is 0 Å². The van der Waals surface area contributed by atoms with Crippen molar-refractivity contribution in [2.75, 3.05) is 14.2 Å². The number of hydrogen-bond donors (Lipinski definition) is 0. The molecule has 12 heavy (non-hydrogen) atoms. The Bertz CT molecular complexity index is 261. The monoisotopic (exact) mass is 184 g/mol. The molecule has 0 N–H and O–H groups in total. The first-order chi connectivity index (χ1) is 5.77. The maximum atomic E-state index is 5.16. The van der Waals surface area contributed by atoms with E-state index in [4.69, 9.17) is 8.92 Å². The molecule has 0 unspecified atom stereocenters. The van der Waals surface area contributed by atoms with E-state index in [1.54, 1.807) is 14.2 Å². The maximum Gasteiger partial charge on any atom is 0.122 e. The molecule has 0 atom stereocenters. The summed E-state index contributed by atoms with van der Waals surface area (Å²) in [5.41, 5.74) is 1.14. The fourth-order valence-electron chi connectivity index (χ4n) is 0.948. The van der Waals surface area contributed by atoms with Crippen LogP contribution in [-0.2, 0) is 4.18 Å². The van der Waals surface area contributed by atoms with E-state index in [0.717, 1.165) is 16.2 Å². The van der Waals surface area contributed by atoms with Crippen LogP contribution in [0.3, 0.4) is 0 Å². The number of methoxy groups -OCH3 is 1. The summed E-state index contributed by atoms with van der Waals surface area (Å²) in [6.45, 7) is 2.01. The van der Waals surface area contributed by atoms with Crippen LogP contribution >= 0.6 is 12.0 Å². The number of aryl methyl sites for hydroxylation is 1. The Hall–Kier alpha value is -0.670. The molecular formula is C9H12O2S. The van der Waals surface area contributed by atoms with Gasteiger partial charge >= 0.3 is 0 Å². The van der Waals surface area contributed by atoms with Gasteiger partial charge in [-0.2, -0.15) is 0 Å². The highest BCUT2D eigenvalue weighted by Crippen LogP contribution is 2.25. The van der Waals surface area contributed by atoms with Crippen LogP contribution in [0.5, 0.6) is 5.75 Å². The first kappa shape index (κ1) is 9.42. The van der Waals surface area contributed by atoms with Crippen LogP contribution in [-0.4, -0.2) is 14.2 Å². The standard InChI is InChI=1S/C9H12O2S/c1-7-4-5-8(12-11-3)6-9(7)10-2/h4-6H,1-3H3. The zero-order chi connectivity index (χ0) is 8.97. The summed E-state index contributed by atoms with van der Waals surface area (Å²) in [5, 5.41) is 0. The van der Waals surface area contributed by atoms with Gasteiger partial charge in [0, 0.05) is 16.9 Å². The molecule has 66 valence electrons. The molecule has 0 spiro atoms. The third-order valence-electron chi connectivity index (χ3n) is 1.56. The summed E-state index contributed by atoms with van der Waals surface area (Å²) in [7, 11) is 3.32. The molecule has 2 nitrogen and oxygen atoms in total. The molecule has 1 aromatic rings. The Morgan fingerprint density at radius 1 is 1.25 bits per heavy atom. The largest absolute Gasteiger partial charge is 0.496 e. The van der Waals surface area contributed by atoms with E-state index in [9.17, 15) is 0 Å². The zero-order valence-corrected chi connectivity index (χ0v) is 8.27. The second-order valence-corrected chi connectivity index (χ2v) is 3.35. The van der Waals surface area contributed by atoms with Crippen LogP contribution in [0.15, 0.2) is 23.1 Å². The molecule has 0 aliphatic carbocycles. The van der Waals surface area contributed by atoms with Crippen molar-refractivity contribution in [2.24, 2.45) is 0 Å². The van der Waals surface area contributed by atoms with Gasteiger partial charge in [-0.1, -0.05) is 6.07 Å². The lowest BCUT2D eigenvalue weighted by Crippen LogP contribution is -1.86. The number of rotatable bonds is 3. The summed E-state index contributed by atoms with van der Waals surface area (Å²) in [6.07, 6.45) is 0. The van der Waals surface area contributed by atoms with E-state index < -0.39 is 0 Å². The Kier molecular flexibility index (Phi) is 3.44. The minimum absolute atomic E-state index is 0.900. The molecule has 1 rings (SSSR count). The molecule has 0 radical (unpaired) electrons. The van der Waals surface area contributed by atoms with Gasteiger partial charge in [-0.3, -0.25) is 0 Å². The van der Waals surface area contributed by atoms with Gasteiger partial charge in [0.1, 0.15) is 5.75 Å². The Balaban J connectivity index is 2.89. The van der Waals surface area contributed by atoms with E-state index >= 15 is 0 Å². The second kappa shape index (κ2) is 4.38. The Morgan fingerprint density at radius 2 is 2.00 bits per heavy atom. The van der Waals surface area contributed by atoms with Gasteiger partial charge in [-0.25, -0.2) is 0 Å². The molecule has 0 bridgehead atoms. The SMILES string of the molecule is COSc1ccc(C)c(OC)c1. The van der Waals surface area contributed by atoms with Crippen molar-refractivity contribution >= 4 is 12.0 Å². The second-order valence-electron chi connectivity index (χ2n) is 2.38. The lowest BCUT2D eigenvalue weighted by atomic mass is 10.2. The predicted octanol–water partition coefficient (Wildman–Crippen LogP) is 2.66. The normalized spacial score (nSPS) is 9.92. The van der Waals surface area contributed by atoms with Crippen LogP contribution in [0.4, 0.5) is 0 Å². The van der Waals surface area contributed by atoms with Gasteiger partial charge in [-0.15, -0.1) is 0 Å². The van der Waals surface area contributed by atoms with Crippen LogP contribution in [0.25, 0.3) is 0 Å². The van der Waals surface area contributed by atoms with Crippen molar-refractivity contribution in [3.8, 4) is 5.75 Å². The number of hydrogen-bond acceptors (Lipinski definition) is 3. The Morgan fingerprint density at radius 3 is 2.58 bits per heavy atom. The molecule has 0 aliphatic heterocycles. The van der Waals surface area contributed by atoms with E-state index in [1.165, 1.54) is 12.0 Å². The van der Waals surface area contributed by atoms with Crippen molar-refractivity contribution in [2.45, 2.75) is 11.8 Å². The number of benzene rings is 1. The summed E-state index contributed by atoms with van der Waals surface area (Å²) in [4.78, 5) is 1.06. The van der Waals surface area contributed by atoms with Crippen molar-refractivity contribution in [3.05, 3.63) is 23.8 Å². The van der Waals surface area contributed by atoms with Crippen molar-refractivity contribution in [3.63, 3.8) is 0 Å². The fraction of sp³-hybridized carbons (Fsp3) is 0.333. The molecule has 0 aliphatic rings. The first-order valence-corrected chi connectivity index (χ1v) is 4.37. The van der Waals surface area contributed by atoms with Gasteiger partial charge in [0.15, 0.2) is 0 Å². The van der Waals surface area contributed by atoms with E-state index in [1.807, 2.05) is 25.1 Å². The minimum atomic E-state index is 0.900. The molecule has 0 amide bonds. The fourth-order valence-corrected chi connectivity index (χ4v) is 1.42. The van der Waals surface area contributed by atoms with Crippen molar-refractivity contribution < 1.29 is 8.92 Å². The van der Waals surface area contributed by atoms with Crippen LogP contribution < -0.4 is 4.74 Å². The molecule has 0 aromatic heterocycles. The molecule has 0 saturated heterocycles. The van der Waals surface area contributed by atoms with Crippen molar-refractivity contribution in [1.82, 2.24) is 0 Å². The highest BCUT2D eigenvalue weighted by molar-refractivity contribution is 7.94. The summed E-state index contributed by atoms with van der Waals surface area (Å²) in [6, 6.07) is 5.98. The molecule has 1 aromatic carbocycles. The van der Waals surface area contributed by atoms with Crippen molar-refractivity contribution in [1.29, 1.82) is 0 Å². The van der Waals surface area contributed by atoms with Gasteiger partial charge in [0.2, 0.25) is 0 Å².